The summed E-state index contributed by atoms with van der Waals surface area (Å²) in [6, 6.07) is 2.23. The third kappa shape index (κ3) is 2.61. The number of nitrogens with zero attached hydrogens (tertiary/aromatic N) is 1. The number of hydrogen-bond donors (Lipinski definition) is 0. The lowest BCUT2D eigenvalue weighted by Gasteiger charge is -2.37. The van der Waals surface area contributed by atoms with Gasteiger partial charge in [0, 0.05) is 12.6 Å². The Morgan fingerprint density at radius 1 is 1.29 bits per heavy atom. The van der Waals surface area contributed by atoms with E-state index in [4.69, 9.17) is 5.26 Å². The summed E-state index contributed by atoms with van der Waals surface area (Å²) in [5.41, 5.74) is 0. The Hall–Kier alpha value is -0.280. The standard InChI is InChI=1S/C11H20NOP/c1-3-14(13,4-2)9-11-6-5-10(11)7-8-12/h10-11H,3-7,9H2,1-2H3. The Labute approximate surface area is 87.1 Å². The van der Waals surface area contributed by atoms with Crippen molar-refractivity contribution in [2.75, 3.05) is 18.5 Å². The molecule has 0 aromatic heterocycles. The highest BCUT2D eigenvalue weighted by molar-refractivity contribution is 7.63. The molecule has 14 heavy (non-hydrogen) atoms. The molecule has 0 heterocycles. The van der Waals surface area contributed by atoms with E-state index < -0.39 is 7.14 Å². The highest BCUT2D eigenvalue weighted by Crippen LogP contribution is 2.52. The molecule has 1 aliphatic rings. The second-order valence-electron chi connectivity index (χ2n) is 4.33. The normalized spacial score (nSPS) is 26.6. The van der Waals surface area contributed by atoms with Gasteiger partial charge in [0.2, 0.25) is 0 Å². The average Bonchev–Trinajstić information content (AvgIpc) is 2.20. The van der Waals surface area contributed by atoms with Crippen molar-refractivity contribution >= 4 is 7.14 Å². The second kappa shape index (κ2) is 4.99. The van der Waals surface area contributed by atoms with Gasteiger partial charge in [-0.05, 0) is 37.0 Å². The maximum Gasteiger partial charge on any atom is 0.0875 e. The first-order valence-corrected chi connectivity index (χ1v) is 7.85. The van der Waals surface area contributed by atoms with Crippen LogP contribution in [0.4, 0.5) is 0 Å². The van der Waals surface area contributed by atoms with Crippen LogP contribution in [0.3, 0.4) is 0 Å². The number of hydrogen-bond acceptors (Lipinski definition) is 2. The van der Waals surface area contributed by atoms with Crippen LogP contribution in [0.2, 0.25) is 0 Å². The molecule has 1 rings (SSSR count). The van der Waals surface area contributed by atoms with Crippen LogP contribution < -0.4 is 0 Å². The van der Waals surface area contributed by atoms with Crippen molar-refractivity contribution in [1.82, 2.24) is 0 Å². The quantitative estimate of drug-likeness (QED) is 0.657. The van der Waals surface area contributed by atoms with Gasteiger partial charge in [-0.3, -0.25) is 0 Å². The molecule has 0 bridgehead atoms. The monoisotopic (exact) mass is 213 g/mol. The summed E-state index contributed by atoms with van der Waals surface area (Å²) in [7, 11) is -1.87. The molecule has 2 atom stereocenters. The zero-order chi connectivity index (χ0) is 10.6. The second-order valence-corrected chi connectivity index (χ2v) is 8.08. The van der Waals surface area contributed by atoms with E-state index in [-0.39, 0.29) is 0 Å². The summed E-state index contributed by atoms with van der Waals surface area (Å²) in [5.74, 6) is 1.13. The van der Waals surface area contributed by atoms with Gasteiger partial charge in [0.1, 0.15) is 0 Å². The molecule has 2 unspecified atom stereocenters. The molecule has 0 saturated heterocycles. The van der Waals surface area contributed by atoms with Crippen LogP contribution in [0.15, 0.2) is 0 Å². The highest BCUT2D eigenvalue weighted by Gasteiger charge is 2.34. The van der Waals surface area contributed by atoms with E-state index in [2.05, 4.69) is 6.07 Å². The zero-order valence-corrected chi connectivity index (χ0v) is 10.1. The van der Waals surface area contributed by atoms with E-state index in [1.54, 1.807) is 0 Å². The van der Waals surface area contributed by atoms with Crippen molar-refractivity contribution in [2.45, 2.75) is 33.1 Å². The van der Waals surface area contributed by atoms with E-state index in [0.29, 0.717) is 18.3 Å². The van der Waals surface area contributed by atoms with Gasteiger partial charge < -0.3 is 4.57 Å². The van der Waals surface area contributed by atoms with Gasteiger partial charge in [-0.15, -0.1) is 0 Å². The number of rotatable bonds is 5. The lowest BCUT2D eigenvalue weighted by atomic mass is 9.73. The molecule has 80 valence electrons. The minimum Gasteiger partial charge on any atom is -0.324 e. The fourth-order valence-corrected chi connectivity index (χ4v) is 4.47. The Balaban J connectivity index is 2.45. The fourth-order valence-electron chi connectivity index (χ4n) is 2.17. The Kier molecular flexibility index (Phi) is 4.20. The Morgan fingerprint density at radius 3 is 2.21 bits per heavy atom. The van der Waals surface area contributed by atoms with Crippen molar-refractivity contribution in [2.24, 2.45) is 11.8 Å². The summed E-state index contributed by atoms with van der Waals surface area (Å²) in [6.45, 7) is 4.06. The van der Waals surface area contributed by atoms with Gasteiger partial charge in [-0.1, -0.05) is 13.8 Å². The van der Waals surface area contributed by atoms with Crippen molar-refractivity contribution in [3.63, 3.8) is 0 Å². The van der Waals surface area contributed by atoms with Crippen LogP contribution in [0, 0.1) is 23.2 Å². The third-order valence-corrected chi connectivity index (χ3v) is 7.09. The van der Waals surface area contributed by atoms with Crippen LogP contribution >= 0.6 is 7.14 Å². The lowest BCUT2D eigenvalue weighted by molar-refractivity contribution is 0.203. The van der Waals surface area contributed by atoms with Gasteiger partial charge in [-0.25, -0.2) is 0 Å². The van der Waals surface area contributed by atoms with E-state index in [0.717, 1.165) is 18.5 Å². The summed E-state index contributed by atoms with van der Waals surface area (Å²) in [4.78, 5) is 0. The van der Waals surface area contributed by atoms with Gasteiger partial charge in [0.15, 0.2) is 0 Å². The molecule has 0 aliphatic heterocycles. The minimum absolute atomic E-state index is 0.548. The Morgan fingerprint density at radius 2 is 1.86 bits per heavy atom. The summed E-state index contributed by atoms with van der Waals surface area (Å²) >= 11 is 0. The van der Waals surface area contributed by atoms with E-state index >= 15 is 0 Å². The lowest BCUT2D eigenvalue weighted by Crippen LogP contribution is -2.29. The SMILES string of the molecule is CCP(=O)(CC)CC1CCC1CC#N. The largest absolute Gasteiger partial charge is 0.324 e. The predicted molar refractivity (Wildman–Crippen MR) is 60.0 cm³/mol. The molecule has 1 aliphatic carbocycles. The molecule has 3 heteroatoms. The maximum atomic E-state index is 12.2. The van der Waals surface area contributed by atoms with E-state index in [9.17, 15) is 4.57 Å². The van der Waals surface area contributed by atoms with Crippen molar-refractivity contribution < 1.29 is 4.57 Å². The third-order valence-electron chi connectivity index (χ3n) is 3.65. The maximum absolute atomic E-state index is 12.2. The van der Waals surface area contributed by atoms with E-state index in [1.807, 2.05) is 13.8 Å². The molecule has 0 aromatic carbocycles. The molecule has 1 saturated carbocycles. The van der Waals surface area contributed by atoms with Crippen molar-refractivity contribution in [3.05, 3.63) is 0 Å². The molecule has 1 fully saturated rings. The molecular weight excluding hydrogens is 193 g/mol. The van der Waals surface area contributed by atoms with Gasteiger partial charge >= 0.3 is 0 Å². The van der Waals surface area contributed by atoms with Crippen LogP contribution in [0.25, 0.3) is 0 Å². The summed E-state index contributed by atoms with van der Waals surface area (Å²) in [5, 5.41) is 8.61. The van der Waals surface area contributed by atoms with Crippen molar-refractivity contribution in [3.8, 4) is 6.07 Å². The average molecular weight is 213 g/mol. The Bertz CT molecular complexity index is 261. The first-order chi connectivity index (χ1) is 6.65. The molecule has 0 radical (unpaired) electrons. The zero-order valence-electron chi connectivity index (χ0n) is 9.20. The summed E-state index contributed by atoms with van der Waals surface area (Å²) in [6.07, 6.45) is 5.59. The van der Waals surface area contributed by atoms with E-state index in [1.165, 1.54) is 12.8 Å². The fraction of sp³-hybridized carbons (Fsp3) is 0.909. The number of nitriles is 1. The topological polar surface area (TPSA) is 40.9 Å². The van der Waals surface area contributed by atoms with Gasteiger partial charge in [-0.2, -0.15) is 5.26 Å². The predicted octanol–water partition coefficient (Wildman–Crippen LogP) is 3.33. The smallest absolute Gasteiger partial charge is 0.0875 e. The van der Waals surface area contributed by atoms with Gasteiger partial charge in [0.25, 0.3) is 0 Å². The molecule has 0 amide bonds. The van der Waals surface area contributed by atoms with Crippen LogP contribution in [-0.2, 0) is 4.57 Å². The first kappa shape index (κ1) is 11.8. The van der Waals surface area contributed by atoms with Crippen LogP contribution in [-0.4, -0.2) is 18.5 Å². The van der Waals surface area contributed by atoms with Crippen LogP contribution in [0.1, 0.15) is 33.1 Å². The molecule has 0 spiro atoms. The van der Waals surface area contributed by atoms with Crippen LogP contribution in [0.5, 0.6) is 0 Å². The molecule has 2 nitrogen and oxygen atoms in total. The van der Waals surface area contributed by atoms with Gasteiger partial charge in [0.05, 0.1) is 13.2 Å². The molecular formula is C11H20NOP. The first-order valence-electron chi connectivity index (χ1n) is 5.59. The van der Waals surface area contributed by atoms with Crippen molar-refractivity contribution in [1.29, 1.82) is 5.26 Å². The molecule has 0 N–H and O–H groups in total. The minimum atomic E-state index is -1.87. The molecule has 0 aromatic rings. The highest BCUT2D eigenvalue weighted by atomic mass is 31.2. The summed E-state index contributed by atoms with van der Waals surface area (Å²) < 4.78 is 12.2.